The molecule has 0 unspecified atom stereocenters. The lowest BCUT2D eigenvalue weighted by molar-refractivity contribution is -0.659. The molecule has 0 radical (unpaired) electrons. The normalized spacial score (nSPS) is 13.7. The van der Waals surface area contributed by atoms with E-state index in [-0.39, 0.29) is 11.8 Å². The molecule has 1 aliphatic rings. The van der Waals surface area contributed by atoms with Crippen molar-refractivity contribution in [2.45, 2.75) is 59.6 Å². The van der Waals surface area contributed by atoms with E-state index in [1.165, 1.54) is 19.2 Å². The van der Waals surface area contributed by atoms with Crippen molar-refractivity contribution in [2.75, 3.05) is 0 Å². The van der Waals surface area contributed by atoms with Gasteiger partial charge in [-0.1, -0.05) is 77.1 Å². The molecule has 2 nitrogen and oxygen atoms in total. The topological polar surface area (TPSA) is 13.1 Å². The molecule has 39 heavy (non-hydrogen) atoms. The van der Waals surface area contributed by atoms with Crippen molar-refractivity contribution in [3.63, 3.8) is 0 Å². The largest absolute Gasteiger partial charge is 0.455 e. The van der Waals surface area contributed by atoms with Gasteiger partial charge in [-0.2, -0.15) is 13.2 Å². The minimum atomic E-state index is -4.31. The highest BCUT2D eigenvalue weighted by atomic mass is 19.4. The molecule has 5 heteroatoms. The molecule has 0 fully saturated rings. The van der Waals surface area contributed by atoms with Gasteiger partial charge in [0.05, 0.1) is 16.4 Å². The highest BCUT2D eigenvalue weighted by Crippen LogP contribution is 2.54. The van der Waals surface area contributed by atoms with Gasteiger partial charge >= 0.3 is 6.18 Å². The summed E-state index contributed by atoms with van der Waals surface area (Å²) in [5.74, 6) is 1.52. The second-order valence-corrected chi connectivity index (χ2v) is 12.6. The monoisotopic (exact) mass is 528 g/mol. The third-order valence-corrected chi connectivity index (χ3v) is 8.36. The van der Waals surface area contributed by atoms with Crippen molar-refractivity contribution in [3.05, 3.63) is 77.5 Å². The first kappa shape index (κ1) is 25.7. The van der Waals surface area contributed by atoms with Crippen molar-refractivity contribution in [2.24, 2.45) is 12.5 Å². The maximum absolute atomic E-state index is 13.9. The quantitative estimate of drug-likeness (QED) is 0.161. The first-order chi connectivity index (χ1) is 18.2. The summed E-state index contributed by atoms with van der Waals surface area (Å²) in [6.45, 7) is 11.3. The average molecular weight is 529 g/mol. The minimum absolute atomic E-state index is 0.111. The van der Waals surface area contributed by atoms with Crippen molar-refractivity contribution >= 4 is 32.3 Å². The Bertz CT molecular complexity index is 1820. The SMILES string of the molecule is Cc1c2c(c(C(C)(C)C)c3ccccc13)Oc1cc3c(CC(C)(C)C(F)(F)F)cccc3c3cc[n+](C)c-2c13. The Labute approximate surface area is 227 Å². The molecule has 0 bridgehead atoms. The third-order valence-electron chi connectivity index (χ3n) is 8.36. The molecule has 0 spiro atoms. The molecule has 0 amide bonds. The number of fused-ring (bicyclic) bond motifs is 5. The lowest BCUT2D eigenvalue weighted by Gasteiger charge is -2.31. The molecule has 1 aromatic heterocycles. The molecule has 0 saturated heterocycles. The lowest BCUT2D eigenvalue weighted by atomic mass is 9.78. The van der Waals surface area contributed by atoms with Gasteiger partial charge in [-0.15, -0.1) is 0 Å². The number of alkyl halides is 3. The molecule has 5 aromatic rings. The number of pyridine rings is 1. The van der Waals surface area contributed by atoms with Crippen molar-refractivity contribution in [1.29, 1.82) is 0 Å². The molecule has 0 aliphatic carbocycles. The van der Waals surface area contributed by atoms with Gasteiger partial charge in [0, 0.05) is 17.0 Å². The molecule has 0 atom stereocenters. The smallest absolute Gasteiger partial charge is 0.394 e. The van der Waals surface area contributed by atoms with Crippen LogP contribution in [-0.4, -0.2) is 6.18 Å². The van der Waals surface area contributed by atoms with Crippen LogP contribution in [0.2, 0.25) is 0 Å². The summed E-state index contributed by atoms with van der Waals surface area (Å²) in [7, 11) is 2.05. The van der Waals surface area contributed by atoms with Crippen LogP contribution in [0.1, 0.15) is 51.3 Å². The Balaban J connectivity index is 1.74. The predicted octanol–water partition coefficient (Wildman–Crippen LogP) is 9.48. The van der Waals surface area contributed by atoms with Crippen LogP contribution in [-0.2, 0) is 18.9 Å². The Morgan fingerprint density at radius 1 is 0.795 bits per heavy atom. The maximum Gasteiger partial charge on any atom is 0.394 e. The van der Waals surface area contributed by atoms with Crippen LogP contribution in [0.15, 0.2) is 60.8 Å². The number of rotatable bonds is 2. The molecular formula is C34H33F3NO+. The molecule has 0 saturated carbocycles. The Morgan fingerprint density at radius 2 is 1.46 bits per heavy atom. The summed E-state index contributed by atoms with van der Waals surface area (Å²) in [6.07, 6.45) is -2.37. The number of hydrogen-bond acceptors (Lipinski definition) is 1. The van der Waals surface area contributed by atoms with Crippen LogP contribution in [0.5, 0.6) is 11.5 Å². The highest BCUT2D eigenvalue weighted by Gasteiger charge is 2.47. The number of ether oxygens (including phenoxy) is 1. The van der Waals surface area contributed by atoms with Gasteiger partial charge in [0.2, 0.25) is 5.69 Å². The summed E-state index contributed by atoms with van der Waals surface area (Å²) in [5, 5.41) is 6.07. The number of nitrogens with zero attached hydrogens (tertiary/aromatic N) is 1. The van der Waals surface area contributed by atoms with Crippen LogP contribution in [0.25, 0.3) is 43.6 Å². The van der Waals surface area contributed by atoms with Gasteiger partial charge < -0.3 is 4.74 Å². The first-order valence-electron chi connectivity index (χ1n) is 13.4. The van der Waals surface area contributed by atoms with Crippen LogP contribution >= 0.6 is 0 Å². The first-order valence-corrected chi connectivity index (χ1v) is 13.4. The fourth-order valence-electron chi connectivity index (χ4n) is 6.28. The molecule has 2 heterocycles. The number of aromatic nitrogens is 1. The van der Waals surface area contributed by atoms with E-state index in [2.05, 4.69) is 62.6 Å². The number of benzene rings is 4. The zero-order valence-electron chi connectivity index (χ0n) is 23.5. The molecule has 0 N–H and O–H groups in total. The fraction of sp³-hybridized carbons (Fsp3) is 0.324. The van der Waals surface area contributed by atoms with Crippen molar-refractivity contribution in [3.8, 4) is 22.8 Å². The van der Waals surface area contributed by atoms with Crippen molar-refractivity contribution < 1.29 is 22.5 Å². The zero-order chi connectivity index (χ0) is 28.1. The molecule has 1 aliphatic heterocycles. The van der Waals surface area contributed by atoms with E-state index in [0.29, 0.717) is 11.3 Å². The van der Waals surface area contributed by atoms with E-state index < -0.39 is 11.6 Å². The van der Waals surface area contributed by atoms with Gasteiger partial charge in [0.25, 0.3) is 0 Å². The van der Waals surface area contributed by atoms with Crippen LogP contribution in [0, 0.1) is 12.3 Å². The summed E-state index contributed by atoms with van der Waals surface area (Å²) in [5.41, 5.74) is 3.04. The lowest BCUT2D eigenvalue weighted by Crippen LogP contribution is -2.34. The van der Waals surface area contributed by atoms with Crippen molar-refractivity contribution in [1.82, 2.24) is 0 Å². The zero-order valence-corrected chi connectivity index (χ0v) is 23.5. The van der Waals surface area contributed by atoms with Gasteiger partial charge in [0.15, 0.2) is 6.20 Å². The Kier molecular flexibility index (Phi) is 5.40. The van der Waals surface area contributed by atoms with E-state index in [1.807, 2.05) is 37.5 Å². The van der Waals surface area contributed by atoms with E-state index in [9.17, 15) is 13.2 Å². The van der Waals surface area contributed by atoms with E-state index in [1.54, 1.807) is 0 Å². The van der Waals surface area contributed by atoms with Crippen LogP contribution in [0.3, 0.4) is 0 Å². The summed E-state index contributed by atoms with van der Waals surface area (Å²) >= 11 is 0. The van der Waals surface area contributed by atoms with Gasteiger partial charge in [-0.05, 0) is 57.5 Å². The molecule has 6 rings (SSSR count). The second kappa shape index (κ2) is 8.20. The summed E-state index contributed by atoms with van der Waals surface area (Å²) < 4.78 is 50.7. The second-order valence-electron chi connectivity index (χ2n) is 12.6. The summed E-state index contributed by atoms with van der Waals surface area (Å²) in [4.78, 5) is 0. The van der Waals surface area contributed by atoms with E-state index in [4.69, 9.17) is 4.74 Å². The van der Waals surface area contributed by atoms with Gasteiger partial charge in [-0.25, -0.2) is 4.57 Å². The van der Waals surface area contributed by atoms with Crippen LogP contribution in [0.4, 0.5) is 13.2 Å². The van der Waals surface area contributed by atoms with Gasteiger partial charge in [-0.3, -0.25) is 0 Å². The summed E-state index contributed by atoms with van der Waals surface area (Å²) in [6, 6.07) is 18.2. The van der Waals surface area contributed by atoms with E-state index in [0.717, 1.165) is 55.1 Å². The standard InChI is InChI=1S/C34H33F3NO/c1-19-21-12-8-9-13-24(21)29(32(2,3)4)31-27(19)30-28-23(15-16-38(30)7)22-14-10-11-20(25(22)17-26(28)39-31)18-33(5,6)34(35,36)37/h8-17H,18H2,1-7H3/q+1. The van der Waals surface area contributed by atoms with E-state index >= 15 is 0 Å². The maximum atomic E-state index is 13.9. The molecule has 4 aromatic carbocycles. The minimum Gasteiger partial charge on any atom is -0.455 e. The fourth-order valence-corrected chi connectivity index (χ4v) is 6.28. The third kappa shape index (κ3) is 3.73. The number of hydrogen-bond donors (Lipinski definition) is 0. The van der Waals surface area contributed by atoms with Gasteiger partial charge in [0.1, 0.15) is 18.5 Å². The highest BCUT2D eigenvalue weighted by molar-refractivity contribution is 6.16. The average Bonchev–Trinajstić information content (AvgIpc) is 2.84. The number of aryl methyl sites for hydroxylation is 2. The van der Waals surface area contributed by atoms with Crippen LogP contribution < -0.4 is 9.30 Å². The Hall–Kier alpha value is -3.60. The molecular weight excluding hydrogens is 495 g/mol. The predicted molar refractivity (Wildman–Crippen MR) is 153 cm³/mol. The number of halogens is 3. The molecule has 200 valence electrons. The Morgan fingerprint density at radius 3 is 2.13 bits per heavy atom.